The number of nitrogens with one attached hydrogen (secondary N) is 1. The molecule has 2 aromatic rings. The molecule has 0 bridgehead atoms. The van der Waals surface area contributed by atoms with Crippen LogP contribution >= 0.6 is 0 Å². The Morgan fingerprint density at radius 3 is 2.70 bits per heavy atom. The maximum atomic E-state index is 8.86. The molecule has 27 heavy (non-hydrogen) atoms. The van der Waals surface area contributed by atoms with Crippen molar-refractivity contribution in [3.63, 3.8) is 0 Å². The van der Waals surface area contributed by atoms with E-state index in [1.807, 2.05) is 12.1 Å². The van der Waals surface area contributed by atoms with Gasteiger partial charge in [-0.2, -0.15) is 5.26 Å². The molecule has 2 fully saturated rings. The second-order valence-electron chi connectivity index (χ2n) is 6.66. The molecule has 1 atom stereocenters. The monoisotopic (exact) mass is 366 g/mol. The Morgan fingerprint density at radius 1 is 1.04 bits per heavy atom. The minimum absolute atomic E-state index is 0.267. The number of nitriles is 1. The topological polar surface area (TPSA) is 103 Å². The summed E-state index contributed by atoms with van der Waals surface area (Å²) in [6.45, 7) is 4.92. The van der Waals surface area contributed by atoms with Gasteiger partial charge in [0, 0.05) is 38.3 Å². The lowest BCUT2D eigenvalue weighted by molar-refractivity contribution is 0.122. The highest BCUT2D eigenvalue weighted by Crippen LogP contribution is 2.21. The minimum Gasteiger partial charge on any atom is -0.378 e. The molecule has 9 heteroatoms. The molecule has 1 N–H and O–H groups in total. The summed E-state index contributed by atoms with van der Waals surface area (Å²) in [6, 6.07) is 4.27. The zero-order valence-corrected chi connectivity index (χ0v) is 15.1. The number of rotatable bonds is 4. The van der Waals surface area contributed by atoms with Crippen molar-refractivity contribution >= 4 is 17.5 Å². The van der Waals surface area contributed by atoms with E-state index in [0.717, 1.165) is 69.7 Å². The van der Waals surface area contributed by atoms with Gasteiger partial charge in [0.25, 0.3) is 0 Å². The van der Waals surface area contributed by atoms with Gasteiger partial charge in [0.1, 0.15) is 29.9 Å². The second kappa shape index (κ2) is 8.14. The van der Waals surface area contributed by atoms with Crippen LogP contribution in [0.2, 0.25) is 0 Å². The van der Waals surface area contributed by atoms with Crippen LogP contribution in [0.5, 0.6) is 0 Å². The van der Waals surface area contributed by atoms with Crippen LogP contribution in [-0.2, 0) is 4.74 Å². The first kappa shape index (κ1) is 17.4. The molecule has 0 unspecified atom stereocenters. The van der Waals surface area contributed by atoms with Gasteiger partial charge >= 0.3 is 0 Å². The quantitative estimate of drug-likeness (QED) is 0.850. The highest BCUT2D eigenvalue weighted by Gasteiger charge is 2.22. The van der Waals surface area contributed by atoms with Gasteiger partial charge in [0.05, 0.1) is 25.6 Å². The lowest BCUT2D eigenvalue weighted by Gasteiger charge is -2.34. The van der Waals surface area contributed by atoms with E-state index in [0.29, 0.717) is 5.69 Å². The van der Waals surface area contributed by atoms with Crippen LogP contribution in [0, 0.1) is 11.3 Å². The summed E-state index contributed by atoms with van der Waals surface area (Å²) in [4.78, 5) is 21.7. The van der Waals surface area contributed by atoms with Crippen molar-refractivity contribution in [1.82, 2.24) is 19.9 Å². The number of nitrogens with zero attached hydrogens (tertiary/aromatic N) is 7. The summed E-state index contributed by atoms with van der Waals surface area (Å²) in [7, 11) is 0. The molecule has 0 aliphatic carbocycles. The number of anilines is 3. The smallest absolute Gasteiger partial charge is 0.158 e. The molecule has 2 aromatic heterocycles. The predicted octanol–water partition coefficient (Wildman–Crippen LogP) is 1.06. The lowest BCUT2D eigenvalue weighted by atomic mass is 10.1. The Labute approximate surface area is 158 Å². The molecule has 0 spiro atoms. The SMILES string of the molecule is N#Cc1cnc(N2CCC[C@@H](Nc3cc(N4CCOCC4)ncn3)C2)cn1. The zero-order valence-electron chi connectivity index (χ0n) is 15.1. The van der Waals surface area contributed by atoms with Crippen LogP contribution in [0.25, 0.3) is 0 Å². The third kappa shape index (κ3) is 4.23. The summed E-state index contributed by atoms with van der Waals surface area (Å²) in [5, 5.41) is 12.4. The zero-order chi connectivity index (χ0) is 18.5. The van der Waals surface area contributed by atoms with Crippen molar-refractivity contribution in [3.8, 4) is 6.07 Å². The highest BCUT2D eigenvalue weighted by molar-refractivity contribution is 5.49. The summed E-state index contributed by atoms with van der Waals surface area (Å²) in [5.41, 5.74) is 0.335. The Balaban J connectivity index is 1.41. The van der Waals surface area contributed by atoms with Crippen molar-refractivity contribution in [2.24, 2.45) is 0 Å². The Morgan fingerprint density at radius 2 is 1.93 bits per heavy atom. The molecule has 0 aromatic carbocycles. The highest BCUT2D eigenvalue weighted by atomic mass is 16.5. The molecule has 0 saturated carbocycles. The van der Waals surface area contributed by atoms with E-state index in [1.165, 1.54) is 6.20 Å². The van der Waals surface area contributed by atoms with Crippen LogP contribution in [0.1, 0.15) is 18.5 Å². The molecule has 2 aliphatic rings. The maximum absolute atomic E-state index is 8.86. The van der Waals surface area contributed by atoms with Crippen LogP contribution in [0.15, 0.2) is 24.8 Å². The fraction of sp³-hybridized carbons (Fsp3) is 0.500. The normalized spacial score (nSPS) is 20.2. The molecule has 140 valence electrons. The van der Waals surface area contributed by atoms with E-state index in [2.05, 4.69) is 35.1 Å². The third-order valence-electron chi connectivity index (χ3n) is 4.84. The largest absolute Gasteiger partial charge is 0.378 e. The van der Waals surface area contributed by atoms with E-state index < -0.39 is 0 Å². The summed E-state index contributed by atoms with van der Waals surface area (Å²) in [5.74, 6) is 2.57. The average molecular weight is 366 g/mol. The van der Waals surface area contributed by atoms with E-state index in [9.17, 15) is 0 Å². The van der Waals surface area contributed by atoms with Gasteiger partial charge in [-0.3, -0.25) is 0 Å². The summed E-state index contributed by atoms with van der Waals surface area (Å²) < 4.78 is 5.41. The first-order valence-electron chi connectivity index (χ1n) is 9.20. The Hall–Kier alpha value is -2.99. The molecule has 9 nitrogen and oxygen atoms in total. The predicted molar refractivity (Wildman–Crippen MR) is 101 cm³/mol. The Bertz CT molecular complexity index is 800. The minimum atomic E-state index is 0.267. The van der Waals surface area contributed by atoms with Crippen molar-refractivity contribution < 1.29 is 4.74 Å². The van der Waals surface area contributed by atoms with Gasteiger partial charge in [0.15, 0.2) is 5.69 Å². The lowest BCUT2D eigenvalue weighted by Crippen LogP contribution is -2.42. The molecular formula is C18H22N8O. The van der Waals surface area contributed by atoms with E-state index in [4.69, 9.17) is 10.00 Å². The first-order chi connectivity index (χ1) is 13.3. The van der Waals surface area contributed by atoms with Gasteiger partial charge in [-0.25, -0.2) is 19.9 Å². The standard InChI is InChI=1S/C18H22N8O/c19-9-15-10-21-18(11-20-15)26-3-1-2-14(12-26)24-16-8-17(23-13-22-16)25-4-6-27-7-5-25/h8,10-11,13-14H,1-7,12H2,(H,22,23,24)/t14-/m1/s1. The van der Waals surface area contributed by atoms with Crippen LogP contribution in [0.3, 0.4) is 0 Å². The van der Waals surface area contributed by atoms with E-state index in [-0.39, 0.29) is 6.04 Å². The molecule has 0 amide bonds. The first-order valence-corrected chi connectivity index (χ1v) is 9.20. The van der Waals surface area contributed by atoms with Gasteiger partial charge in [-0.15, -0.1) is 0 Å². The third-order valence-corrected chi connectivity index (χ3v) is 4.84. The average Bonchev–Trinajstić information content (AvgIpc) is 2.75. The number of hydrogen-bond donors (Lipinski definition) is 1. The molecule has 2 saturated heterocycles. The molecule has 4 rings (SSSR count). The van der Waals surface area contributed by atoms with Gasteiger partial charge in [0.2, 0.25) is 0 Å². The van der Waals surface area contributed by atoms with Gasteiger partial charge in [-0.1, -0.05) is 0 Å². The van der Waals surface area contributed by atoms with E-state index >= 15 is 0 Å². The number of morpholine rings is 1. The summed E-state index contributed by atoms with van der Waals surface area (Å²) >= 11 is 0. The summed E-state index contributed by atoms with van der Waals surface area (Å²) in [6.07, 6.45) is 6.92. The van der Waals surface area contributed by atoms with Crippen LogP contribution in [0.4, 0.5) is 17.5 Å². The van der Waals surface area contributed by atoms with Crippen molar-refractivity contribution in [3.05, 3.63) is 30.5 Å². The molecular weight excluding hydrogens is 344 g/mol. The van der Waals surface area contributed by atoms with Crippen molar-refractivity contribution in [2.75, 3.05) is 54.5 Å². The van der Waals surface area contributed by atoms with Crippen LogP contribution in [-0.4, -0.2) is 65.4 Å². The van der Waals surface area contributed by atoms with Crippen molar-refractivity contribution in [1.29, 1.82) is 5.26 Å². The van der Waals surface area contributed by atoms with E-state index in [1.54, 1.807) is 12.5 Å². The number of ether oxygens (including phenoxy) is 1. The fourth-order valence-corrected chi connectivity index (χ4v) is 3.45. The fourth-order valence-electron chi connectivity index (χ4n) is 3.45. The number of piperidine rings is 1. The Kier molecular flexibility index (Phi) is 5.25. The number of aromatic nitrogens is 4. The molecule has 2 aliphatic heterocycles. The van der Waals surface area contributed by atoms with Crippen LogP contribution < -0.4 is 15.1 Å². The molecule has 0 radical (unpaired) electrons. The van der Waals surface area contributed by atoms with Gasteiger partial charge in [-0.05, 0) is 12.8 Å². The maximum Gasteiger partial charge on any atom is 0.158 e. The number of hydrogen-bond acceptors (Lipinski definition) is 9. The van der Waals surface area contributed by atoms with Crippen molar-refractivity contribution in [2.45, 2.75) is 18.9 Å². The second-order valence-corrected chi connectivity index (χ2v) is 6.66. The molecule has 4 heterocycles. The van der Waals surface area contributed by atoms with Gasteiger partial charge < -0.3 is 19.9 Å².